The van der Waals surface area contributed by atoms with Crippen LogP contribution in [0.3, 0.4) is 0 Å². The van der Waals surface area contributed by atoms with Crippen LogP contribution in [0.4, 0.5) is 4.39 Å². The zero-order chi connectivity index (χ0) is 19.4. The summed E-state index contributed by atoms with van der Waals surface area (Å²) < 4.78 is 19.7. The highest BCUT2D eigenvalue weighted by Gasteiger charge is 2.26. The minimum atomic E-state index is -0.819. The first-order chi connectivity index (χ1) is 13.0. The Hall–Kier alpha value is -2.89. The molecule has 2 aromatic rings. The quantitative estimate of drug-likeness (QED) is 0.867. The van der Waals surface area contributed by atoms with Gasteiger partial charge in [0.25, 0.3) is 5.91 Å². The van der Waals surface area contributed by atoms with E-state index in [9.17, 15) is 14.0 Å². The number of benzene rings is 2. The summed E-state index contributed by atoms with van der Waals surface area (Å²) in [6.07, 6.45) is 1.38. The second kappa shape index (κ2) is 8.20. The third-order valence-electron chi connectivity index (χ3n) is 4.99. The molecule has 0 unspecified atom stereocenters. The van der Waals surface area contributed by atoms with Crippen LogP contribution in [0.15, 0.2) is 42.5 Å². The van der Waals surface area contributed by atoms with Crippen molar-refractivity contribution in [2.75, 3.05) is 20.2 Å². The topological polar surface area (TPSA) is 66.8 Å². The second-order valence-corrected chi connectivity index (χ2v) is 6.76. The summed E-state index contributed by atoms with van der Waals surface area (Å²) in [6, 6.07) is 11.9. The number of methoxy groups -OCH3 is 1. The Morgan fingerprint density at radius 2 is 1.74 bits per heavy atom. The molecule has 0 aromatic heterocycles. The third kappa shape index (κ3) is 4.45. The van der Waals surface area contributed by atoms with E-state index in [0.717, 1.165) is 11.3 Å². The molecule has 0 aliphatic carbocycles. The number of carbonyl (C=O) groups is 2. The van der Waals surface area contributed by atoms with Crippen molar-refractivity contribution in [1.82, 2.24) is 4.90 Å². The van der Waals surface area contributed by atoms with Crippen molar-refractivity contribution in [2.24, 2.45) is 5.92 Å². The van der Waals surface area contributed by atoms with E-state index >= 15 is 0 Å². The number of piperidine rings is 1. The van der Waals surface area contributed by atoms with Gasteiger partial charge in [-0.25, -0.2) is 4.39 Å². The fraction of sp³-hybridized carbons (Fsp3) is 0.333. The van der Waals surface area contributed by atoms with E-state index < -0.39 is 11.8 Å². The van der Waals surface area contributed by atoms with Gasteiger partial charge < -0.3 is 14.7 Å². The normalized spacial score (nSPS) is 14.8. The second-order valence-electron chi connectivity index (χ2n) is 6.76. The van der Waals surface area contributed by atoms with Gasteiger partial charge in [-0.15, -0.1) is 0 Å². The molecule has 27 heavy (non-hydrogen) atoms. The van der Waals surface area contributed by atoms with E-state index in [1.165, 1.54) is 12.1 Å². The summed E-state index contributed by atoms with van der Waals surface area (Å²) in [6.45, 7) is 0.910. The van der Waals surface area contributed by atoms with Gasteiger partial charge in [0.15, 0.2) is 0 Å². The summed E-state index contributed by atoms with van der Waals surface area (Å²) in [4.78, 5) is 25.0. The number of ether oxygens (including phenoxy) is 1. The van der Waals surface area contributed by atoms with Crippen molar-refractivity contribution in [1.29, 1.82) is 0 Å². The number of nitrogens with zero attached hydrogens (tertiary/aromatic N) is 1. The lowest BCUT2D eigenvalue weighted by atomic mass is 9.93. The van der Waals surface area contributed by atoms with Gasteiger partial charge in [0.1, 0.15) is 11.6 Å². The first-order valence-electron chi connectivity index (χ1n) is 8.93. The fourth-order valence-electron chi connectivity index (χ4n) is 3.41. The van der Waals surface area contributed by atoms with Crippen LogP contribution in [0, 0.1) is 11.7 Å². The maximum atomic E-state index is 14.6. The van der Waals surface area contributed by atoms with Crippen LogP contribution >= 0.6 is 0 Å². The monoisotopic (exact) mass is 371 g/mol. The van der Waals surface area contributed by atoms with Crippen molar-refractivity contribution < 1.29 is 23.8 Å². The van der Waals surface area contributed by atoms with E-state index in [0.29, 0.717) is 31.5 Å². The Labute approximate surface area is 157 Å². The van der Waals surface area contributed by atoms with Crippen LogP contribution in [0.25, 0.3) is 11.1 Å². The number of carboxylic acids is 1. The Morgan fingerprint density at radius 1 is 1.11 bits per heavy atom. The predicted octanol–water partition coefficient (Wildman–Crippen LogP) is 3.83. The smallest absolute Gasteiger partial charge is 0.303 e. The van der Waals surface area contributed by atoms with Crippen LogP contribution in [-0.4, -0.2) is 42.1 Å². The standard InChI is InChI=1S/C21H22FNO4/c1-27-17-5-2-15(3-6-17)16-4-7-18(19(22)13-16)21(26)23-10-8-14(9-11-23)12-20(24)25/h2-7,13-14H,8-12H2,1H3,(H,24,25). The Morgan fingerprint density at radius 3 is 2.30 bits per heavy atom. The lowest BCUT2D eigenvalue weighted by molar-refractivity contribution is -0.138. The summed E-state index contributed by atoms with van der Waals surface area (Å²) in [5, 5.41) is 8.87. The molecule has 1 aliphatic rings. The van der Waals surface area contributed by atoms with E-state index in [1.807, 2.05) is 12.1 Å². The maximum absolute atomic E-state index is 14.6. The van der Waals surface area contributed by atoms with Crippen molar-refractivity contribution in [3.63, 3.8) is 0 Å². The molecule has 1 amide bonds. The molecule has 5 nitrogen and oxygen atoms in total. The predicted molar refractivity (Wildman–Crippen MR) is 99.3 cm³/mol. The van der Waals surface area contributed by atoms with E-state index in [-0.39, 0.29) is 23.8 Å². The number of hydrogen-bond acceptors (Lipinski definition) is 3. The molecule has 1 saturated heterocycles. The molecule has 0 radical (unpaired) electrons. The molecule has 142 valence electrons. The van der Waals surface area contributed by atoms with Crippen molar-refractivity contribution in [3.05, 3.63) is 53.8 Å². The molecular weight excluding hydrogens is 349 g/mol. The lowest BCUT2D eigenvalue weighted by Crippen LogP contribution is -2.39. The van der Waals surface area contributed by atoms with Gasteiger partial charge in [-0.3, -0.25) is 9.59 Å². The van der Waals surface area contributed by atoms with E-state index in [2.05, 4.69) is 0 Å². The van der Waals surface area contributed by atoms with Crippen LogP contribution < -0.4 is 4.74 Å². The summed E-state index contributed by atoms with van der Waals surface area (Å²) in [5.74, 6) is -0.922. The number of hydrogen-bond donors (Lipinski definition) is 1. The third-order valence-corrected chi connectivity index (χ3v) is 4.99. The highest BCUT2D eigenvalue weighted by Crippen LogP contribution is 2.26. The maximum Gasteiger partial charge on any atom is 0.303 e. The van der Waals surface area contributed by atoms with Gasteiger partial charge in [0, 0.05) is 19.5 Å². The van der Waals surface area contributed by atoms with Gasteiger partial charge in [0.2, 0.25) is 0 Å². The van der Waals surface area contributed by atoms with Gasteiger partial charge in [0.05, 0.1) is 12.7 Å². The molecule has 1 heterocycles. The molecular formula is C21H22FNO4. The van der Waals surface area contributed by atoms with Crippen LogP contribution in [0.2, 0.25) is 0 Å². The first-order valence-corrected chi connectivity index (χ1v) is 8.93. The van der Waals surface area contributed by atoms with Crippen molar-refractivity contribution in [2.45, 2.75) is 19.3 Å². The lowest BCUT2D eigenvalue weighted by Gasteiger charge is -2.31. The zero-order valence-electron chi connectivity index (χ0n) is 15.2. The zero-order valence-corrected chi connectivity index (χ0v) is 15.2. The number of likely N-dealkylation sites (tertiary alicyclic amines) is 1. The molecule has 1 aliphatic heterocycles. The SMILES string of the molecule is COc1ccc(-c2ccc(C(=O)N3CCC(CC(=O)O)CC3)c(F)c2)cc1. The molecule has 0 spiro atoms. The number of amides is 1. The molecule has 1 fully saturated rings. The molecule has 2 aromatic carbocycles. The minimum absolute atomic E-state index is 0.0453. The van der Waals surface area contributed by atoms with Crippen LogP contribution in [0.5, 0.6) is 5.75 Å². The summed E-state index contributed by atoms with van der Waals surface area (Å²) in [5.41, 5.74) is 1.57. The molecule has 0 saturated carbocycles. The van der Waals surface area contributed by atoms with Gasteiger partial charge >= 0.3 is 5.97 Å². The summed E-state index contributed by atoms with van der Waals surface area (Å²) in [7, 11) is 1.58. The number of rotatable bonds is 5. The Balaban J connectivity index is 1.70. The number of aliphatic carboxylic acids is 1. The fourth-order valence-corrected chi connectivity index (χ4v) is 3.41. The molecule has 0 bridgehead atoms. The van der Waals surface area contributed by atoms with Crippen molar-refractivity contribution in [3.8, 4) is 16.9 Å². The number of halogens is 1. The first kappa shape index (κ1) is 18.9. The van der Waals surface area contributed by atoms with Gasteiger partial charge in [-0.05, 0) is 54.2 Å². The van der Waals surface area contributed by atoms with E-state index in [4.69, 9.17) is 9.84 Å². The Bertz CT molecular complexity index is 827. The molecule has 1 N–H and O–H groups in total. The molecule has 0 atom stereocenters. The van der Waals surface area contributed by atoms with Gasteiger partial charge in [-0.2, -0.15) is 0 Å². The molecule has 6 heteroatoms. The highest BCUT2D eigenvalue weighted by molar-refractivity contribution is 5.95. The minimum Gasteiger partial charge on any atom is -0.497 e. The van der Waals surface area contributed by atoms with Crippen LogP contribution in [-0.2, 0) is 4.79 Å². The van der Waals surface area contributed by atoms with Gasteiger partial charge in [-0.1, -0.05) is 18.2 Å². The average molecular weight is 371 g/mol. The van der Waals surface area contributed by atoms with E-state index in [1.54, 1.807) is 30.2 Å². The number of carboxylic acid groups (broad SMARTS) is 1. The number of carbonyl (C=O) groups excluding carboxylic acids is 1. The largest absolute Gasteiger partial charge is 0.497 e. The molecule has 3 rings (SSSR count). The Kier molecular flexibility index (Phi) is 5.74. The average Bonchev–Trinajstić information content (AvgIpc) is 2.67. The highest BCUT2D eigenvalue weighted by atomic mass is 19.1. The van der Waals surface area contributed by atoms with Crippen molar-refractivity contribution >= 4 is 11.9 Å². The van der Waals surface area contributed by atoms with Crippen LogP contribution in [0.1, 0.15) is 29.6 Å². The summed E-state index contributed by atoms with van der Waals surface area (Å²) >= 11 is 0.